The van der Waals surface area contributed by atoms with Gasteiger partial charge >= 0.3 is 0 Å². The Kier molecular flexibility index (Phi) is 3.63. The first-order valence-electron chi connectivity index (χ1n) is 7.47. The predicted molar refractivity (Wildman–Crippen MR) is 95.9 cm³/mol. The molecule has 0 bridgehead atoms. The van der Waals surface area contributed by atoms with Crippen LogP contribution in [0.1, 0.15) is 10.5 Å². The molecule has 2 heterocycles. The van der Waals surface area contributed by atoms with Crippen molar-refractivity contribution in [3.05, 3.63) is 65.7 Å². The highest BCUT2D eigenvalue weighted by Crippen LogP contribution is 2.32. The molecule has 0 unspecified atom stereocenters. The minimum atomic E-state index is 0.565. The Balaban J connectivity index is 1.92. The van der Waals surface area contributed by atoms with Crippen LogP contribution < -0.4 is 4.74 Å². The largest absolute Gasteiger partial charge is 0.497 e. The summed E-state index contributed by atoms with van der Waals surface area (Å²) in [6.07, 6.45) is 0.874. The van der Waals surface area contributed by atoms with E-state index in [4.69, 9.17) is 4.74 Å². The smallest absolute Gasteiger partial charge is 0.195 e. The molecule has 0 saturated carbocycles. The maximum Gasteiger partial charge on any atom is 0.195 e. The second-order valence-electron chi connectivity index (χ2n) is 5.30. The van der Waals surface area contributed by atoms with Gasteiger partial charge in [0.05, 0.1) is 12.8 Å². The molecule has 0 aliphatic heterocycles. The number of thiazole rings is 1. The van der Waals surface area contributed by atoms with Gasteiger partial charge in [-0.1, -0.05) is 30.3 Å². The molecule has 0 fully saturated rings. The molecule has 2 aromatic heterocycles. The number of imidazole rings is 1. The molecule has 0 N–H and O–H groups in total. The highest BCUT2D eigenvalue weighted by molar-refractivity contribution is 7.15. The fourth-order valence-electron chi connectivity index (χ4n) is 2.76. The van der Waals surface area contributed by atoms with Crippen LogP contribution in [0.15, 0.2) is 60.0 Å². The van der Waals surface area contributed by atoms with Crippen LogP contribution in [0.25, 0.3) is 27.5 Å². The Morgan fingerprint density at radius 3 is 2.46 bits per heavy atom. The van der Waals surface area contributed by atoms with Crippen LogP contribution in [0.2, 0.25) is 0 Å². The summed E-state index contributed by atoms with van der Waals surface area (Å²) in [6.45, 7) is 0. The van der Waals surface area contributed by atoms with Crippen LogP contribution in [0.5, 0.6) is 5.75 Å². The van der Waals surface area contributed by atoms with Crippen molar-refractivity contribution in [1.82, 2.24) is 9.38 Å². The van der Waals surface area contributed by atoms with Crippen LogP contribution in [0.3, 0.4) is 0 Å². The van der Waals surface area contributed by atoms with E-state index in [1.54, 1.807) is 7.11 Å². The quantitative estimate of drug-likeness (QED) is 0.514. The van der Waals surface area contributed by atoms with E-state index in [1.165, 1.54) is 11.3 Å². The highest BCUT2D eigenvalue weighted by atomic mass is 32.1. The van der Waals surface area contributed by atoms with Gasteiger partial charge in [0.25, 0.3) is 0 Å². The number of nitrogens with zero attached hydrogens (tertiary/aromatic N) is 2. The van der Waals surface area contributed by atoms with Crippen molar-refractivity contribution in [2.45, 2.75) is 0 Å². The summed E-state index contributed by atoms with van der Waals surface area (Å²) in [6, 6.07) is 17.6. The second kappa shape index (κ2) is 5.94. The second-order valence-corrected chi connectivity index (χ2v) is 6.13. The molecule has 2 aromatic carbocycles. The first-order valence-corrected chi connectivity index (χ1v) is 8.34. The Labute approximate surface area is 143 Å². The van der Waals surface area contributed by atoms with Crippen LogP contribution in [0, 0.1) is 0 Å². The normalized spacial score (nSPS) is 10.9. The lowest BCUT2D eigenvalue weighted by molar-refractivity contribution is 0.111. The number of aldehydes is 1. The van der Waals surface area contributed by atoms with E-state index < -0.39 is 0 Å². The van der Waals surface area contributed by atoms with Crippen molar-refractivity contribution in [2.24, 2.45) is 0 Å². The van der Waals surface area contributed by atoms with E-state index in [2.05, 4.69) is 4.98 Å². The Morgan fingerprint density at radius 1 is 1.04 bits per heavy atom. The Morgan fingerprint density at radius 2 is 1.79 bits per heavy atom. The average molecular weight is 334 g/mol. The van der Waals surface area contributed by atoms with Crippen molar-refractivity contribution < 1.29 is 9.53 Å². The van der Waals surface area contributed by atoms with Gasteiger partial charge in [-0.2, -0.15) is 0 Å². The van der Waals surface area contributed by atoms with Gasteiger partial charge in [-0.05, 0) is 29.8 Å². The van der Waals surface area contributed by atoms with Crippen LogP contribution in [-0.2, 0) is 0 Å². The molecule has 0 aliphatic rings. The number of fused-ring (bicyclic) bond motifs is 1. The summed E-state index contributed by atoms with van der Waals surface area (Å²) in [4.78, 5) is 17.3. The van der Waals surface area contributed by atoms with Crippen LogP contribution in [0.4, 0.5) is 0 Å². The lowest BCUT2D eigenvalue weighted by Gasteiger charge is -2.03. The first-order chi connectivity index (χ1) is 11.8. The van der Waals surface area contributed by atoms with Crippen LogP contribution in [-0.4, -0.2) is 22.8 Å². The standard InChI is InChI=1S/C19H14N2O2S/c1-23-15-9-7-14(8-10-15)18-16(11-22)21-17(12-24-19(21)20-18)13-5-3-2-4-6-13/h2-12H,1H3. The average Bonchev–Trinajstić information content (AvgIpc) is 3.21. The van der Waals surface area contributed by atoms with Gasteiger partial charge < -0.3 is 4.74 Å². The molecular formula is C19H14N2O2S. The number of methoxy groups -OCH3 is 1. The fraction of sp³-hybridized carbons (Fsp3) is 0.0526. The Hall–Kier alpha value is -2.92. The number of carbonyl (C=O) groups excluding carboxylic acids is 1. The minimum absolute atomic E-state index is 0.565. The van der Waals surface area contributed by atoms with Crippen molar-refractivity contribution in [2.75, 3.05) is 7.11 Å². The Bertz CT molecular complexity index is 1000. The van der Waals surface area contributed by atoms with Gasteiger partial charge in [-0.15, -0.1) is 11.3 Å². The zero-order chi connectivity index (χ0) is 16.5. The molecule has 0 amide bonds. The molecule has 0 aliphatic carbocycles. The van der Waals surface area contributed by atoms with E-state index >= 15 is 0 Å². The summed E-state index contributed by atoms with van der Waals surface area (Å²) < 4.78 is 7.11. The van der Waals surface area contributed by atoms with Gasteiger partial charge in [-0.3, -0.25) is 9.20 Å². The summed E-state index contributed by atoms with van der Waals surface area (Å²) in [5, 5.41) is 2.03. The lowest BCUT2D eigenvalue weighted by Crippen LogP contribution is -1.94. The molecule has 5 heteroatoms. The summed E-state index contributed by atoms with van der Waals surface area (Å²) in [5.41, 5.74) is 4.19. The van der Waals surface area contributed by atoms with Gasteiger partial charge in [0.1, 0.15) is 17.1 Å². The number of ether oxygens (including phenoxy) is 1. The lowest BCUT2D eigenvalue weighted by atomic mass is 10.1. The minimum Gasteiger partial charge on any atom is -0.497 e. The molecule has 4 nitrogen and oxygen atoms in total. The molecule has 0 atom stereocenters. The van der Waals surface area contributed by atoms with Crippen molar-refractivity contribution in [3.8, 4) is 28.3 Å². The summed E-state index contributed by atoms with van der Waals surface area (Å²) in [5.74, 6) is 0.775. The molecule has 0 radical (unpaired) electrons. The van der Waals surface area contributed by atoms with Crippen molar-refractivity contribution in [3.63, 3.8) is 0 Å². The van der Waals surface area contributed by atoms with E-state index in [-0.39, 0.29) is 0 Å². The third-order valence-electron chi connectivity index (χ3n) is 3.94. The number of hydrogen-bond donors (Lipinski definition) is 0. The topological polar surface area (TPSA) is 43.6 Å². The van der Waals surface area contributed by atoms with E-state index in [0.717, 1.165) is 33.8 Å². The third-order valence-corrected chi connectivity index (χ3v) is 4.77. The molecule has 24 heavy (non-hydrogen) atoms. The number of benzene rings is 2. The van der Waals surface area contributed by atoms with Crippen molar-refractivity contribution in [1.29, 1.82) is 0 Å². The van der Waals surface area contributed by atoms with Crippen LogP contribution >= 0.6 is 11.3 Å². The number of carbonyl (C=O) groups is 1. The van der Waals surface area contributed by atoms with Gasteiger partial charge in [0.2, 0.25) is 0 Å². The summed E-state index contributed by atoms with van der Waals surface area (Å²) >= 11 is 1.53. The molecule has 0 spiro atoms. The molecule has 4 rings (SSSR count). The SMILES string of the molecule is COc1ccc(-c2nc3scc(-c4ccccc4)n3c2C=O)cc1. The molecule has 4 aromatic rings. The van der Waals surface area contributed by atoms with E-state index in [9.17, 15) is 4.79 Å². The predicted octanol–water partition coefficient (Wildman–Crippen LogP) is 4.55. The van der Waals surface area contributed by atoms with Gasteiger partial charge in [0.15, 0.2) is 11.2 Å². The molecule has 0 saturated heterocycles. The zero-order valence-corrected chi connectivity index (χ0v) is 13.8. The van der Waals surface area contributed by atoms with Gasteiger partial charge in [0, 0.05) is 10.9 Å². The first kappa shape index (κ1) is 14.7. The summed E-state index contributed by atoms with van der Waals surface area (Å²) in [7, 11) is 1.63. The number of hydrogen-bond acceptors (Lipinski definition) is 4. The molecular weight excluding hydrogens is 320 g/mol. The maximum atomic E-state index is 11.8. The zero-order valence-electron chi connectivity index (χ0n) is 13.0. The number of rotatable bonds is 4. The monoisotopic (exact) mass is 334 g/mol. The highest BCUT2D eigenvalue weighted by Gasteiger charge is 2.18. The third kappa shape index (κ3) is 2.30. The van der Waals surface area contributed by atoms with E-state index in [1.807, 2.05) is 64.4 Å². The fourth-order valence-corrected chi connectivity index (χ4v) is 3.67. The van der Waals surface area contributed by atoms with E-state index in [0.29, 0.717) is 11.4 Å². The van der Waals surface area contributed by atoms with Crippen molar-refractivity contribution >= 4 is 22.6 Å². The maximum absolute atomic E-state index is 11.8. The molecule has 118 valence electrons. The van der Waals surface area contributed by atoms with Gasteiger partial charge in [-0.25, -0.2) is 4.98 Å². The number of aromatic nitrogens is 2.